The van der Waals surface area contributed by atoms with Gasteiger partial charge in [0.2, 0.25) is 0 Å². The second-order valence-corrected chi connectivity index (χ2v) is 7.79. The van der Waals surface area contributed by atoms with Gasteiger partial charge in [-0.2, -0.15) is 0 Å². The van der Waals surface area contributed by atoms with Crippen molar-refractivity contribution in [2.45, 2.75) is 66.2 Å². The molecule has 3 rings (SSSR count). The average Bonchev–Trinajstić information content (AvgIpc) is 3.15. The van der Waals surface area contributed by atoms with E-state index in [9.17, 15) is 4.79 Å². The highest BCUT2D eigenvalue weighted by Gasteiger charge is 2.32. The molecule has 1 aliphatic heterocycles. The monoisotopic (exact) mass is 317 g/mol. The van der Waals surface area contributed by atoms with Crippen LogP contribution in [0.1, 0.15) is 56.0 Å². The van der Waals surface area contributed by atoms with Gasteiger partial charge in [0, 0.05) is 17.8 Å². The summed E-state index contributed by atoms with van der Waals surface area (Å²) in [6, 6.07) is 0. The lowest BCUT2D eigenvalue weighted by molar-refractivity contribution is 0.0242. The van der Waals surface area contributed by atoms with Crippen LogP contribution < -0.4 is 5.32 Å². The first-order chi connectivity index (χ1) is 10.7. The highest BCUT2D eigenvalue weighted by molar-refractivity contribution is 5.71. The molecule has 5 heteroatoms. The van der Waals surface area contributed by atoms with E-state index in [0.29, 0.717) is 13.1 Å². The Kier molecular flexibility index (Phi) is 3.98. The number of aryl methyl sites for hydroxylation is 1. The van der Waals surface area contributed by atoms with Crippen molar-refractivity contribution in [2.24, 2.45) is 5.92 Å². The number of aromatic nitrogens is 1. The summed E-state index contributed by atoms with van der Waals surface area (Å²) in [4.78, 5) is 18.9. The first kappa shape index (κ1) is 16.1. The molecule has 2 heterocycles. The maximum absolute atomic E-state index is 12.4. The molecule has 0 atom stereocenters. The van der Waals surface area contributed by atoms with Gasteiger partial charge in [-0.05, 0) is 64.5 Å². The molecular formula is C18H27N3O2. The van der Waals surface area contributed by atoms with Crippen molar-refractivity contribution in [2.75, 3.05) is 11.9 Å². The Morgan fingerprint density at radius 2 is 1.91 bits per heavy atom. The Bertz CT molecular complexity index is 630. The minimum Gasteiger partial charge on any atom is -0.444 e. The molecule has 0 aromatic carbocycles. The highest BCUT2D eigenvalue weighted by Crippen LogP contribution is 2.34. The van der Waals surface area contributed by atoms with Gasteiger partial charge in [0.05, 0.1) is 13.1 Å². The summed E-state index contributed by atoms with van der Waals surface area (Å²) in [5.74, 6) is 1.73. The van der Waals surface area contributed by atoms with Gasteiger partial charge >= 0.3 is 6.09 Å². The number of hydrogen-bond acceptors (Lipinski definition) is 4. The Morgan fingerprint density at radius 1 is 1.26 bits per heavy atom. The van der Waals surface area contributed by atoms with Crippen molar-refractivity contribution in [1.29, 1.82) is 0 Å². The molecule has 0 spiro atoms. The summed E-state index contributed by atoms with van der Waals surface area (Å²) in [6.45, 7) is 12.0. The van der Waals surface area contributed by atoms with Crippen molar-refractivity contribution in [3.63, 3.8) is 0 Å². The quantitative estimate of drug-likeness (QED) is 0.922. The molecule has 1 aliphatic carbocycles. The van der Waals surface area contributed by atoms with E-state index in [-0.39, 0.29) is 6.09 Å². The van der Waals surface area contributed by atoms with Gasteiger partial charge in [0.1, 0.15) is 11.4 Å². The Balaban J connectivity index is 1.80. The predicted molar refractivity (Wildman–Crippen MR) is 90.4 cm³/mol. The number of pyridine rings is 1. The van der Waals surface area contributed by atoms with E-state index < -0.39 is 5.60 Å². The van der Waals surface area contributed by atoms with Crippen LogP contribution in [0, 0.1) is 19.8 Å². The molecule has 1 N–H and O–H groups in total. The summed E-state index contributed by atoms with van der Waals surface area (Å²) in [5.41, 5.74) is 4.12. The second-order valence-electron chi connectivity index (χ2n) is 7.79. The van der Waals surface area contributed by atoms with E-state index in [1.165, 1.54) is 24.0 Å². The number of anilines is 1. The predicted octanol–water partition coefficient (Wildman–Crippen LogP) is 3.77. The average molecular weight is 317 g/mol. The van der Waals surface area contributed by atoms with Crippen LogP contribution in [0.4, 0.5) is 10.6 Å². The third-order valence-electron chi connectivity index (χ3n) is 4.53. The summed E-state index contributed by atoms with van der Waals surface area (Å²) in [7, 11) is 0. The van der Waals surface area contributed by atoms with Crippen LogP contribution in [0.3, 0.4) is 0 Å². The molecule has 5 nitrogen and oxygen atoms in total. The van der Waals surface area contributed by atoms with Crippen LogP contribution in [0.25, 0.3) is 0 Å². The molecular weight excluding hydrogens is 290 g/mol. The molecule has 1 fully saturated rings. The van der Waals surface area contributed by atoms with Crippen LogP contribution in [-0.4, -0.2) is 28.1 Å². The summed E-state index contributed by atoms with van der Waals surface area (Å²) < 4.78 is 5.52. The van der Waals surface area contributed by atoms with Crippen LogP contribution in [0.5, 0.6) is 0 Å². The van der Waals surface area contributed by atoms with Gasteiger partial charge in [0.25, 0.3) is 0 Å². The number of ether oxygens (including phenoxy) is 1. The number of fused-ring (bicyclic) bond motifs is 1. The van der Waals surface area contributed by atoms with Gasteiger partial charge in [0.15, 0.2) is 0 Å². The van der Waals surface area contributed by atoms with Crippen LogP contribution in [0.2, 0.25) is 0 Å². The molecule has 0 radical (unpaired) electrons. The number of carbonyl (C=O) groups is 1. The molecule has 1 aromatic heterocycles. The van der Waals surface area contributed by atoms with Crippen LogP contribution in [0.15, 0.2) is 0 Å². The zero-order chi connectivity index (χ0) is 16.8. The zero-order valence-corrected chi connectivity index (χ0v) is 14.8. The fourth-order valence-corrected chi connectivity index (χ4v) is 2.89. The van der Waals surface area contributed by atoms with E-state index in [0.717, 1.165) is 29.5 Å². The first-order valence-corrected chi connectivity index (χ1v) is 8.45. The third kappa shape index (κ3) is 3.59. The lowest BCUT2D eigenvalue weighted by atomic mass is 10.0. The lowest BCUT2D eigenvalue weighted by Gasteiger charge is -2.24. The molecule has 0 bridgehead atoms. The van der Waals surface area contributed by atoms with Gasteiger partial charge < -0.3 is 10.1 Å². The first-order valence-electron chi connectivity index (χ1n) is 8.45. The van der Waals surface area contributed by atoms with Gasteiger partial charge in [-0.25, -0.2) is 9.78 Å². The van der Waals surface area contributed by atoms with Gasteiger partial charge in [-0.15, -0.1) is 0 Å². The maximum Gasteiger partial charge on any atom is 0.410 e. The lowest BCUT2D eigenvalue weighted by Crippen LogP contribution is -2.33. The number of hydrogen-bond donors (Lipinski definition) is 1. The van der Waals surface area contributed by atoms with E-state index in [2.05, 4.69) is 12.2 Å². The number of amides is 1. The second kappa shape index (κ2) is 5.69. The minimum atomic E-state index is -0.470. The maximum atomic E-state index is 12.4. The fourth-order valence-electron chi connectivity index (χ4n) is 2.89. The highest BCUT2D eigenvalue weighted by atomic mass is 16.6. The normalized spacial score (nSPS) is 17.2. The third-order valence-corrected chi connectivity index (χ3v) is 4.53. The standard InChI is InChI=1S/C18H27N3O2/c1-11-12(2)20-16(19-8-13-6-7-13)15-10-21(9-14(11)15)17(22)23-18(3,4)5/h13H,6-10H2,1-5H3,(H,19,20). The SMILES string of the molecule is Cc1nc(NCC2CC2)c2c(c1C)CN(C(=O)OC(C)(C)C)C2. The molecule has 126 valence electrons. The molecule has 1 saturated carbocycles. The summed E-state index contributed by atoms with van der Waals surface area (Å²) >= 11 is 0. The number of carbonyl (C=O) groups excluding carboxylic acids is 1. The van der Waals surface area contributed by atoms with Gasteiger partial charge in [-0.1, -0.05) is 0 Å². The van der Waals surface area contributed by atoms with Crippen molar-refractivity contribution in [3.8, 4) is 0 Å². The van der Waals surface area contributed by atoms with Crippen molar-refractivity contribution in [3.05, 3.63) is 22.4 Å². The minimum absolute atomic E-state index is 0.251. The number of nitrogens with zero attached hydrogens (tertiary/aromatic N) is 2. The van der Waals surface area contributed by atoms with Crippen molar-refractivity contribution in [1.82, 2.24) is 9.88 Å². The van der Waals surface area contributed by atoms with E-state index in [4.69, 9.17) is 9.72 Å². The molecule has 2 aliphatic rings. The Hall–Kier alpha value is -1.78. The van der Waals surface area contributed by atoms with E-state index >= 15 is 0 Å². The van der Waals surface area contributed by atoms with Crippen molar-refractivity contribution >= 4 is 11.9 Å². The number of rotatable bonds is 3. The molecule has 1 amide bonds. The van der Waals surface area contributed by atoms with Gasteiger partial charge in [-0.3, -0.25) is 4.90 Å². The Labute approximate surface area is 138 Å². The van der Waals surface area contributed by atoms with Crippen molar-refractivity contribution < 1.29 is 9.53 Å². The summed E-state index contributed by atoms with van der Waals surface area (Å²) in [6.07, 6.45) is 2.37. The smallest absolute Gasteiger partial charge is 0.410 e. The molecule has 0 unspecified atom stereocenters. The van der Waals surface area contributed by atoms with Crippen LogP contribution in [-0.2, 0) is 17.8 Å². The van der Waals surface area contributed by atoms with E-state index in [1.54, 1.807) is 4.90 Å². The molecule has 1 aromatic rings. The largest absolute Gasteiger partial charge is 0.444 e. The molecule has 0 saturated heterocycles. The Morgan fingerprint density at radius 3 is 2.52 bits per heavy atom. The zero-order valence-electron chi connectivity index (χ0n) is 14.8. The van der Waals surface area contributed by atoms with E-state index in [1.807, 2.05) is 27.7 Å². The number of nitrogens with one attached hydrogen (secondary N) is 1. The van der Waals surface area contributed by atoms with Crippen LogP contribution >= 0.6 is 0 Å². The summed E-state index contributed by atoms with van der Waals surface area (Å²) in [5, 5.41) is 3.49. The molecule has 23 heavy (non-hydrogen) atoms. The topological polar surface area (TPSA) is 54.5 Å². The fraction of sp³-hybridized carbons (Fsp3) is 0.667.